The van der Waals surface area contributed by atoms with Crippen molar-refractivity contribution in [1.29, 1.82) is 0 Å². The summed E-state index contributed by atoms with van der Waals surface area (Å²) >= 11 is 0. The van der Waals surface area contributed by atoms with E-state index in [1.54, 1.807) is 0 Å². The molecule has 0 N–H and O–H groups in total. The van der Waals surface area contributed by atoms with Gasteiger partial charge in [0.25, 0.3) is 0 Å². The third-order valence-corrected chi connectivity index (χ3v) is 5.53. The molecule has 1 saturated carbocycles. The van der Waals surface area contributed by atoms with Crippen molar-refractivity contribution in [3.63, 3.8) is 0 Å². The first-order valence-electron chi connectivity index (χ1n) is 5.54. The van der Waals surface area contributed by atoms with Crippen LogP contribution in [0, 0.1) is 17.3 Å². The Morgan fingerprint density at radius 3 is 2.36 bits per heavy atom. The molecule has 14 heavy (non-hydrogen) atoms. The van der Waals surface area contributed by atoms with Crippen molar-refractivity contribution in [3.05, 3.63) is 12.2 Å². The molecule has 0 spiro atoms. The van der Waals surface area contributed by atoms with Crippen LogP contribution < -0.4 is 0 Å². The number of hydrogen-bond donors (Lipinski definition) is 0. The molecule has 76 valence electrons. The second kappa shape index (κ2) is 1.98. The lowest BCUT2D eigenvalue weighted by atomic mass is 9.67. The third-order valence-electron chi connectivity index (χ3n) is 5.53. The second-order valence-electron chi connectivity index (χ2n) is 5.92. The fraction of sp³-hybridized carbons (Fsp3) is 0.833. The highest BCUT2D eigenvalue weighted by atomic mass is 15.3. The Morgan fingerprint density at radius 1 is 1.07 bits per heavy atom. The lowest BCUT2D eigenvalue weighted by Crippen LogP contribution is -2.44. The maximum Gasteiger partial charge on any atom is 0.0928 e. The summed E-state index contributed by atoms with van der Waals surface area (Å²) in [5.74, 6) is 1.32. The third kappa shape index (κ3) is 0.565. The fourth-order valence-electron chi connectivity index (χ4n) is 3.80. The number of azo groups is 1. The van der Waals surface area contributed by atoms with Gasteiger partial charge >= 0.3 is 0 Å². The topological polar surface area (TPSA) is 24.7 Å². The summed E-state index contributed by atoms with van der Waals surface area (Å²) in [4.78, 5) is 0. The average Bonchev–Trinajstić information content (AvgIpc) is 2.69. The molecule has 0 amide bonds. The number of fused-ring (bicyclic) bond motifs is 5. The molecule has 3 rings (SSSR count). The van der Waals surface area contributed by atoms with Gasteiger partial charge in [-0.15, -0.1) is 0 Å². The van der Waals surface area contributed by atoms with Crippen LogP contribution in [0.4, 0.5) is 0 Å². The zero-order valence-electron chi connectivity index (χ0n) is 9.41. The van der Waals surface area contributed by atoms with Crippen LogP contribution in [0.25, 0.3) is 0 Å². The number of rotatable bonds is 0. The molecule has 0 unspecified atom stereocenters. The van der Waals surface area contributed by atoms with Gasteiger partial charge in [-0.25, -0.2) is 0 Å². The molecule has 3 aliphatic rings. The molecule has 2 aliphatic carbocycles. The monoisotopic (exact) mass is 190 g/mol. The van der Waals surface area contributed by atoms with Crippen LogP contribution in [0.5, 0.6) is 0 Å². The van der Waals surface area contributed by atoms with Crippen LogP contribution in [-0.2, 0) is 0 Å². The summed E-state index contributed by atoms with van der Waals surface area (Å²) in [6.07, 6.45) is 5.88. The van der Waals surface area contributed by atoms with Crippen molar-refractivity contribution in [2.24, 2.45) is 27.5 Å². The van der Waals surface area contributed by atoms with Gasteiger partial charge in [0, 0.05) is 11.3 Å². The van der Waals surface area contributed by atoms with Crippen molar-refractivity contribution >= 4 is 0 Å². The Kier molecular flexibility index (Phi) is 1.22. The van der Waals surface area contributed by atoms with Gasteiger partial charge in [0.1, 0.15) is 0 Å². The molecule has 0 saturated heterocycles. The molecule has 2 bridgehead atoms. The van der Waals surface area contributed by atoms with Gasteiger partial charge in [-0.3, -0.25) is 0 Å². The van der Waals surface area contributed by atoms with Crippen LogP contribution in [-0.4, -0.2) is 11.1 Å². The first kappa shape index (κ1) is 8.63. The smallest absolute Gasteiger partial charge is 0.0928 e. The van der Waals surface area contributed by atoms with E-state index < -0.39 is 0 Å². The molecule has 1 aliphatic heterocycles. The van der Waals surface area contributed by atoms with Crippen LogP contribution in [0.3, 0.4) is 0 Å². The molecular weight excluding hydrogens is 172 g/mol. The van der Waals surface area contributed by atoms with Crippen molar-refractivity contribution in [3.8, 4) is 0 Å². The molecule has 2 nitrogen and oxygen atoms in total. The van der Waals surface area contributed by atoms with Crippen LogP contribution >= 0.6 is 0 Å². The zero-order chi connectivity index (χ0) is 10.2. The van der Waals surface area contributed by atoms with E-state index in [-0.39, 0.29) is 16.5 Å². The van der Waals surface area contributed by atoms with Gasteiger partial charge in [-0.05, 0) is 26.2 Å². The van der Waals surface area contributed by atoms with E-state index in [0.29, 0.717) is 11.8 Å². The molecule has 0 radical (unpaired) electrons. The van der Waals surface area contributed by atoms with Crippen molar-refractivity contribution < 1.29 is 0 Å². The van der Waals surface area contributed by atoms with E-state index in [1.807, 2.05) is 0 Å². The SMILES string of the molecule is CC1(C)[C@@]2(C)N=N[C@]1(C)[C@@H]1C=CC[C@@H]12. The fourth-order valence-corrected chi connectivity index (χ4v) is 3.80. The lowest BCUT2D eigenvalue weighted by Gasteiger charge is -2.36. The largest absolute Gasteiger partial charge is 0.186 e. The first-order valence-corrected chi connectivity index (χ1v) is 5.54. The summed E-state index contributed by atoms with van der Waals surface area (Å²) in [5, 5.41) is 9.16. The summed E-state index contributed by atoms with van der Waals surface area (Å²) in [7, 11) is 0. The van der Waals surface area contributed by atoms with Crippen LogP contribution in [0.15, 0.2) is 22.4 Å². The van der Waals surface area contributed by atoms with E-state index >= 15 is 0 Å². The number of nitrogens with zero attached hydrogens (tertiary/aromatic N) is 2. The first-order chi connectivity index (χ1) is 6.43. The Balaban J connectivity index is 2.23. The average molecular weight is 190 g/mol. The summed E-state index contributed by atoms with van der Waals surface area (Å²) in [5.41, 5.74) is 0.315. The van der Waals surface area contributed by atoms with Gasteiger partial charge in [0.05, 0.1) is 11.1 Å². The van der Waals surface area contributed by atoms with Crippen molar-refractivity contribution in [2.75, 3.05) is 0 Å². The van der Waals surface area contributed by atoms with Gasteiger partial charge in [0.2, 0.25) is 0 Å². The minimum Gasteiger partial charge on any atom is -0.186 e. The minimum atomic E-state index is 0.0411. The van der Waals surface area contributed by atoms with Gasteiger partial charge in [0.15, 0.2) is 0 Å². The molecular formula is C12H18N2. The predicted molar refractivity (Wildman–Crippen MR) is 56.2 cm³/mol. The Bertz CT molecular complexity index is 355. The molecule has 0 aromatic carbocycles. The van der Waals surface area contributed by atoms with E-state index in [4.69, 9.17) is 0 Å². The van der Waals surface area contributed by atoms with Crippen LogP contribution in [0.2, 0.25) is 0 Å². The molecule has 0 aromatic rings. The standard InChI is InChI=1S/C12H18N2/c1-10(2)11(3)8-6-5-7-9(8)12(10,4)14-13-11/h5-6,8-9H,7H2,1-4H3/t8-,9+,11-,12+/m1/s1. The van der Waals surface area contributed by atoms with Gasteiger partial charge in [-0.1, -0.05) is 26.0 Å². The molecule has 2 heteroatoms. The normalized spacial score (nSPS) is 56.9. The maximum absolute atomic E-state index is 4.59. The van der Waals surface area contributed by atoms with Gasteiger partial charge in [-0.2, -0.15) is 10.2 Å². The molecule has 1 fully saturated rings. The maximum atomic E-state index is 4.59. The Hall–Kier alpha value is -0.660. The highest BCUT2D eigenvalue weighted by molar-refractivity contribution is 5.32. The lowest BCUT2D eigenvalue weighted by molar-refractivity contribution is 0.176. The Labute approximate surface area is 85.5 Å². The van der Waals surface area contributed by atoms with E-state index in [2.05, 4.69) is 50.1 Å². The van der Waals surface area contributed by atoms with E-state index in [1.165, 1.54) is 6.42 Å². The zero-order valence-corrected chi connectivity index (χ0v) is 9.41. The molecule has 1 heterocycles. The summed E-state index contributed by atoms with van der Waals surface area (Å²) < 4.78 is 0. The van der Waals surface area contributed by atoms with E-state index in [9.17, 15) is 0 Å². The van der Waals surface area contributed by atoms with Crippen LogP contribution in [0.1, 0.15) is 34.1 Å². The highest BCUT2D eigenvalue weighted by Gasteiger charge is 2.72. The Morgan fingerprint density at radius 2 is 1.71 bits per heavy atom. The second-order valence-corrected chi connectivity index (χ2v) is 5.92. The van der Waals surface area contributed by atoms with Gasteiger partial charge < -0.3 is 0 Å². The van der Waals surface area contributed by atoms with Crippen molar-refractivity contribution in [2.45, 2.75) is 45.2 Å². The van der Waals surface area contributed by atoms with Crippen molar-refractivity contribution in [1.82, 2.24) is 0 Å². The highest BCUT2D eigenvalue weighted by Crippen LogP contribution is 2.68. The number of allylic oxidation sites excluding steroid dienone is 1. The minimum absolute atomic E-state index is 0.0411. The summed E-state index contributed by atoms with van der Waals surface area (Å²) in [6.45, 7) is 9.24. The quantitative estimate of drug-likeness (QED) is 0.524. The predicted octanol–water partition coefficient (Wildman–Crippen LogP) is 3.20. The summed E-state index contributed by atoms with van der Waals surface area (Å²) in [6, 6.07) is 0. The molecule has 4 atom stereocenters. The van der Waals surface area contributed by atoms with E-state index in [0.717, 1.165) is 0 Å². The molecule has 0 aromatic heterocycles. The number of hydrogen-bond acceptors (Lipinski definition) is 2.